The largest absolute Gasteiger partial charge is 0.505 e. The van der Waals surface area contributed by atoms with E-state index >= 15 is 0 Å². The summed E-state index contributed by atoms with van der Waals surface area (Å²) in [4.78, 5) is 21.8. The molecule has 0 heterocycles. The highest BCUT2D eigenvalue weighted by Crippen LogP contribution is 2.33. The number of amides is 1. The zero-order valence-corrected chi connectivity index (χ0v) is 10.3. The number of hydrogen-bond acceptors (Lipinski definition) is 6. The van der Waals surface area contributed by atoms with Crippen LogP contribution in [0.1, 0.15) is 6.42 Å². The van der Waals surface area contributed by atoms with Crippen LogP contribution in [-0.2, 0) is 9.53 Å². The van der Waals surface area contributed by atoms with Gasteiger partial charge in [-0.3, -0.25) is 14.9 Å². The van der Waals surface area contributed by atoms with E-state index in [1.807, 2.05) is 0 Å². The van der Waals surface area contributed by atoms with Gasteiger partial charge in [0.25, 0.3) is 5.69 Å². The first kappa shape index (κ1) is 14.9. The molecule has 0 aromatic heterocycles. The zero-order valence-electron chi connectivity index (χ0n) is 10.3. The van der Waals surface area contributed by atoms with Gasteiger partial charge >= 0.3 is 0 Å². The number of rotatable bonds is 6. The van der Waals surface area contributed by atoms with Gasteiger partial charge in [-0.05, 0) is 6.07 Å². The van der Waals surface area contributed by atoms with Crippen molar-refractivity contribution in [1.29, 1.82) is 0 Å². The van der Waals surface area contributed by atoms with E-state index in [9.17, 15) is 20.0 Å². The first-order valence-electron chi connectivity index (χ1n) is 5.48. The third-order valence-corrected chi connectivity index (χ3v) is 2.49. The molecule has 0 aliphatic rings. The molecule has 0 saturated carbocycles. The van der Waals surface area contributed by atoms with Crippen LogP contribution in [-0.4, -0.2) is 35.7 Å². The highest BCUT2D eigenvalue weighted by molar-refractivity contribution is 5.95. The summed E-state index contributed by atoms with van der Waals surface area (Å²) >= 11 is 0. The first-order valence-corrected chi connectivity index (χ1v) is 5.48. The normalized spacial score (nSPS) is 11.9. The number of nitrogens with one attached hydrogen (secondary N) is 1. The van der Waals surface area contributed by atoms with E-state index in [0.717, 1.165) is 0 Å². The van der Waals surface area contributed by atoms with Crippen LogP contribution in [0.2, 0.25) is 0 Å². The Morgan fingerprint density at radius 2 is 2.32 bits per heavy atom. The topological polar surface area (TPSA) is 128 Å². The Morgan fingerprint density at radius 1 is 1.63 bits per heavy atom. The van der Waals surface area contributed by atoms with Crippen molar-refractivity contribution >= 4 is 17.3 Å². The number of methoxy groups -OCH3 is 1. The van der Waals surface area contributed by atoms with Crippen molar-refractivity contribution in [3.05, 3.63) is 28.3 Å². The molecule has 104 valence electrons. The molecule has 1 atom stereocenters. The Hall–Kier alpha value is -2.19. The highest BCUT2D eigenvalue weighted by atomic mass is 16.6. The van der Waals surface area contributed by atoms with Crippen LogP contribution in [0.5, 0.6) is 5.75 Å². The van der Waals surface area contributed by atoms with Gasteiger partial charge in [0.15, 0.2) is 5.69 Å². The Labute approximate surface area is 109 Å². The molecule has 1 aromatic carbocycles. The van der Waals surface area contributed by atoms with E-state index in [2.05, 4.69) is 5.32 Å². The Bertz CT molecular complexity index is 473. The highest BCUT2D eigenvalue weighted by Gasteiger charge is 2.20. The van der Waals surface area contributed by atoms with E-state index in [-0.39, 0.29) is 30.1 Å². The fraction of sp³-hybridized carbons (Fsp3) is 0.364. The standard InChI is InChI=1S/C11H15N3O5/c1-19-7(6-12)5-10(16)13-11-8(14(17)18)3-2-4-9(11)15/h2-4,7,15H,5-6,12H2,1H3,(H,13,16). The number of benzene rings is 1. The summed E-state index contributed by atoms with van der Waals surface area (Å²) in [5, 5.41) is 22.6. The molecule has 0 bridgehead atoms. The van der Waals surface area contributed by atoms with Crippen LogP contribution < -0.4 is 11.1 Å². The summed E-state index contributed by atoms with van der Waals surface area (Å²) in [6, 6.07) is 3.76. The number of nitrogens with two attached hydrogens (primary N) is 1. The van der Waals surface area contributed by atoms with Crippen LogP contribution in [0.25, 0.3) is 0 Å². The molecule has 0 saturated heterocycles. The van der Waals surface area contributed by atoms with E-state index in [0.29, 0.717) is 0 Å². The lowest BCUT2D eigenvalue weighted by Gasteiger charge is -2.13. The molecule has 1 amide bonds. The van der Waals surface area contributed by atoms with Crippen molar-refractivity contribution in [3.63, 3.8) is 0 Å². The predicted molar refractivity (Wildman–Crippen MR) is 67.9 cm³/mol. The predicted octanol–water partition coefficient (Wildman–Crippen LogP) is 0.603. The van der Waals surface area contributed by atoms with Gasteiger partial charge in [0.1, 0.15) is 5.75 Å². The molecule has 0 radical (unpaired) electrons. The molecule has 0 spiro atoms. The summed E-state index contributed by atoms with van der Waals surface area (Å²) < 4.78 is 4.93. The maximum atomic E-state index is 11.7. The molecular formula is C11H15N3O5. The molecule has 19 heavy (non-hydrogen) atoms. The molecule has 0 aliphatic heterocycles. The molecule has 8 nitrogen and oxygen atoms in total. The van der Waals surface area contributed by atoms with E-state index in [1.54, 1.807) is 0 Å². The minimum atomic E-state index is -0.688. The summed E-state index contributed by atoms with van der Waals surface area (Å²) in [6.45, 7) is 0.146. The van der Waals surface area contributed by atoms with Gasteiger partial charge in [-0.15, -0.1) is 0 Å². The lowest BCUT2D eigenvalue weighted by molar-refractivity contribution is -0.384. The second-order valence-electron chi connectivity index (χ2n) is 3.77. The summed E-state index contributed by atoms with van der Waals surface area (Å²) in [6.07, 6.45) is -0.539. The SMILES string of the molecule is COC(CN)CC(=O)Nc1c(O)cccc1[N+](=O)[O-]. The van der Waals surface area contributed by atoms with Gasteiger partial charge in [-0.25, -0.2) is 0 Å². The van der Waals surface area contributed by atoms with Crippen LogP contribution in [0, 0.1) is 10.1 Å². The monoisotopic (exact) mass is 269 g/mol. The number of aromatic hydroxyl groups is 1. The average Bonchev–Trinajstić information content (AvgIpc) is 2.38. The maximum Gasteiger partial charge on any atom is 0.296 e. The third-order valence-electron chi connectivity index (χ3n) is 2.49. The zero-order chi connectivity index (χ0) is 14.4. The van der Waals surface area contributed by atoms with Gasteiger partial charge in [-0.1, -0.05) is 6.07 Å². The Morgan fingerprint density at radius 3 is 2.84 bits per heavy atom. The van der Waals surface area contributed by atoms with Gasteiger partial charge in [0, 0.05) is 19.7 Å². The summed E-state index contributed by atoms with van der Waals surface area (Å²) in [5.41, 5.74) is 4.76. The molecular weight excluding hydrogens is 254 g/mol. The van der Waals surface area contributed by atoms with Crippen molar-refractivity contribution in [1.82, 2.24) is 0 Å². The van der Waals surface area contributed by atoms with Gasteiger partial charge in [-0.2, -0.15) is 0 Å². The number of anilines is 1. The number of phenols is 1. The second kappa shape index (κ2) is 6.66. The lowest BCUT2D eigenvalue weighted by Crippen LogP contribution is -2.28. The quantitative estimate of drug-likeness (QED) is 0.394. The molecule has 4 N–H and O–H groups in total. The van der Waals surface area contributed by atoms with Gasteiger partial charge in [0.2, 0.25) is 5.91 Å². The fourth-order valence-corrected chi connectivity index (χ4v) is 1.47. The van der Waals surface area contributed by atoms with Crippen LogP contribution >= 0.6 is 0 Å². The number of hydrogen-bond donors (Lipinski definition) is 3. The molecule has 1 rings (SSSR count). The smallest absolute Gasteiger partial charge is 0.296 e. The van der Waals surface area contributed by atoms with Crippen molar-refractivity contribution < 1.29 is 19.6 Å². The number of para-hydroxylation sites is 1. The molecule has 0 fully saturated rings. The number of ether oxygens (including phenoxy) is 1. The maximum absolute atomic E-state index is 11.7. The summed E-state index contributed by atoms with van der Waals surface area (Å²) in [5.74, 6) is -0.897. The number of carbonyl (C=O) groups excluding carboxylic acids is 1. The number of nitro benzene ring substituents is 1. The van der Waals surface area contributed by atoms with Crippen molar-refractivity contribution in [3.8, 4) is 5.75 Å². The molecule has 1 aromatic rings. The average molecular weight is 269 g/mol. The van der Waals surface area contributed by atoms with Crippen molar-refractivity contribution in [2.75, 3.05) is 19.0 Å². The third kappa shape index (κ3) is 3.90. The van der Waals surface area contributed by atoms with E-state index < -0.39 is 16.9 Å². The minimum absolute atomic E-state index is 0.0571. The van der Waals surface area contributed by atoms with Crippen molar-refractivity contribution in [2.45, 2.75) is 12.5 Å². The molecule has 0 aliphatic carbocycles. The molecule has 1 unspecified atom stereocenters. The first-order chi connectivity index (χ1) is 8.99. The number of nitro groups is 1. The van der Waals surface area contributed by atoms with Crippen LogP contribution in [0.4, 0.5) is 11.4 Å². The minimum Gasteiger partial charge on any atom is -0.505 e. The molecule has 8 heteroatoms. The van der Waals surface area contributed by atoms with Crippen LogP contribution in [0.15, 0.2) is 18.2 Å². The van der Waals surface area contributed by atoms with Crippen molar-refractivity contribution in [2.24, 2.45) is 5.73 Å². The Balaban J connectivity index is 2.87. The van der Waals surface area contributed by atoms with Gasteiger partial charge in [0.05, 0.1) is 17.4 Å². The van der Waals surface area contributed by atoms with E-state index in [1.165, 1.54) is 25.3 Å². The van der Waals surface area contributed by atoms with E-state index in [4.69, 9.17) is 10.5 Å². The summed E-state index contributed by atoms with van der Waals surface area (Å²) in [7, 11) is 1.41. The fourth-order valence-electron chi connectivity index (χ4n) is 1.47. The number of phenolic OH excluding ortho intramolecular Hbond substituents is 1. The van der Waals surface area contributed by atoms with Gasteiger partial charge < -0.3 is 20.9 Å². The lowest BCUT2D eigenvalue weighted by atomic mass is 10.2. The second-order valence-corrected chi connectivity index (χ2v) is 3.77. The number of nitrogens with zero attached hydrogens (tertiary/aromatic N) is 1. The van der Waals surface area contributed by atoms with Crippen LogP contribution in [0.3, 0.4) is 0 Å². The number of carbonyl (C=O) groups is 1. The Kier molecular flexibility index (Phi) is 5.22.